The molecule has 0 spiro atoms. The highest BCUT2D eigenvalue weighted by Gasteiger charge is 2.23. The van der Waals surface area contributed by atoms with Crippen molar-refractivity contribution >= 4 is 39.9 Å². The average molecular weight is 556 g/mol. The van der Waals surface area contributed by atoms with E-state index in [1.807, 2.05) is 78.2 Å². The molecule has 0 aliphatic rings. The number of nitrogens with zero attached hydrogens (tertiary/aromatic N) is 1. The molecule has 0 radical (unpaired) electrons. The molecule has 0 aliphatic carbocycles. The molecular formula is C31H29N3O5S. The Bertz CT molecular complexity index is 1530. The van der Waals surface area contributed by atoms with Crippen LogP contribution in [0, 0.1) is 0 Å². The lowest BCUT2D eigenvalue weighted by atomic mass is 10.0. The average Bonchev–Trinajstić information content (AvgIpc) is 3.63. The summed E-state index contributed by atoms with van der Waals surface area (Å²) >= 11 is 1.34. The third-order valence-electron chi connectivity index (χ3n) is 6.25. The number of aromatic nitrogens is 1. The summed E-state index contributed by atoms with van der Waals surface area (Å²) in [6.45, 7) is 1.61. The third-order valence-corrected chi connectivity index (χ3v) is 7.16. The Morgan fingerprint density at radius 3 is 2.52 bits per heavy atom. The van der Waals surface area contributed by atoms with Gasteiger partial charge >= 0.3 is 5.97 Å². The molecule has 0 amide bonds. The molecule has 2 aromatic heterocycles. The van der Waals surface area contributed by atoms with Crippen molar-refractivity contribution in [2.45, 2.75) is 19.0 Å². The Morgan fingerprint density at radius 2 is 1.75 bits per heavy atom. The van der Waals surface area contributed by atoms with E-state index in [0.29, 0.717) is 48.1 Å². The summed E-state index contributed by atoms with van der Waals surface area (Å²) in [5.74, 6) is 0.864. The van der Waals surface area contributed by atoms with E-state index in [4.69, 9.17) is 13.9 Å². The number of carbonyl (C=O) groups is 2. The molecule has 2 N–H and O–H groups in total. The predicted octanol–water partition coefficient (Wildman–Crippen LogP) is 5.49. The van der Waals surface area contributed by atoms with E-state index in [9.17, 15) is 9.59 Å². The topological polar surface area (TPSA) is 103 Å². The van der Waals surface area contributed by atoms with E-state index in [1.165, 1.54) is 18.4 Å². The molecule has 0 aliphatic heterocycles. The molecule has 0 fully saturated rings. The zero-order valence-electron chi connectivity index (χ0n) is 22.0. The molecule has 0 bridgehead atoms. The van der Waals surface area contributed by atoms with Crippen molar-refractivity contribution in [2.24, 2.45) is 0 Å². The van der Waals surface area contributed by atoms with Crippen molar-refractivity contribution in [3.63, 3.8) is 0 Å². The number of ether oxygens (including phenoxy) is 2. The fourth-order valence-corrected chi connectivity index (χ4v) is 5.05. The number of nitrogens with one attached hydrogen (secondary N) is 2. The second kappa shape index (κ2) is 13.1. The SMILES string of the molecule is COC(=O)C(Cc1ccc(OCCNCc2nc3ccccc3o2)cc1)Nc1ccsc1C(=O)c1ccccc1. The molecule has 0 saturated heterocycles. The first-order chi connectivity index (χ1) is 19.6. The van der Waals surface area contributed by atoms with Gasteiger partial charge in [0.15, 0.2) is 5.58 Å². The first-order valence-corrected chi connectivity index (χ1v) is 13.8. The Hall–Kier alpha value is -4.47. The van der Waals surface area contributed by atoms with Crippen LogP contribution in [0.3, 0.4) is 0 Å². The predicted molar refractivity (Wildman–Crippen MR) is 155 cm³/mol. The van der Waals surface area contributed by atoms with Crippen LogP contribution in [0.2, 0.25) is 0 Å². The summed E-state index contributed by atoms with van der Waals surface area (Å²) in [5, 5.41) is 8.33. The summed E-state index contributed by atoms with van der Waals surface area (Å²) in [5.41, 5.74) is 3.75. The second-order valence-electron chi connectivity index (χ2n) is 9.03. The van der Waals surface area contributed by atoms with E-state index in [0.717, 1.165) is 22.4 Å². The maximum Gasteiger partial charge on any atom is 0.328 e. The van der Waals surface area contributed by atoms with Crippen LogP contribution < -0.4 is 15.4 Å². The van der Waals surface area contributed by atoms with Gasteiger partial charge in [-0.15, -0.1) is 11.3 Å². The van der Waals surface area contributed by atoms with Crippen molar-refractivity contribution in [3.05, 3.63) is 112 Å². The van der Waals surface area contributed by atoms with Gasteiger partial charge in [0.2, 0.25) is 11.7 Å². The van der Waals surface area contributed by atoms with Gasteiger partial charge in [-0.25, -0.2) is 9.78 Å². The number of rotatable bonds is 13. The van der Waals surface area contributed by atoms with Gasteiger partial charge < -0.3 is 24.5 Å². The lowest BCUT2D eigenvalue weighted by molar-refractivity contribution is -0.141. The molecule has 1 atom stereocenters. The highest BCUT2D eigenvalue weighted by atomic mass is 32.1. The van der Waals surface area contributed by atoms with Crippen LogP contribution in [0.15, 0.2) is 94.7 Å². The number of esters is 1. The smallest absolute Gasteiger partial charge is 0.328 e. The first-order valence-electron chi connectivity index (χ1n) is 12.9. The van der Waals surface area contributed by atoms with Crippen molar-refractivity contribution in [3.8, 4) is 5.75 Å². The number of hydrogen-bond acceptors (Lipinski definition) is 9. The Kier molecular flexibility index (Phi) is 8.85. The van der Waals surface area contributed by atoms with Crippen molar-refractivity contribution in [2.75, 3.05) is 25.6 Å². The number of oxazole rings is 1. The molecule has 204 valence electrons. The number of para-hydroxylation sites is 2. The van der Waals surface area contributed by atoms with Crippen LogP contribution in [0.25, 0.3) is 11.1 Å². The molecule has 5 rings (SSSR count). The van der Waals surface area contributed by atoms with Gasteiger partial charge in [-0.2, -0.15) is 0 Å². The minimum atomic E-state index is -0.662. The van der Waals surface area contributed by atoms with Gasteiger partial charge in [-0.05, 0) is 41.3 Å². The zero-order valence-corrected chi connectivity index (χ0v) is 22.8. The molecule has 8 nitrogen and oxygen atoms in total. The minimum absolute atomic E-state index is 0.0911. The fraction of sp³-hybridized carbons (Fsp3) is 0.194. The maximum atomic E-state index is 13.0. The van der Waals surface area contributed by atoms with Gasteiger partial charge in [0.25, 0.3) is 0 Å². The van der Waals surface area contributed by atoms with Crippen LogP contribution in [0.5, 0.6) is 5.75 Å². The standard InChI is InChI=1S/C31H29N3O5S/c1-37-31(36)26(33-25-15-18-40-30(25)29(35)22-7-3-2-4-8-22)19-21-11-13-23(14-12-21)38-17-16-32-20-28-34-24-9-5-6-10-27(24)39-28/h2-15,18,26,32-33H,16-17,19-20H2,1H3. The van der Waals surface area contributed by atoms with E-state index >= 15 is 0 Å². The Morgan fingerprint density at radius 1 is 0.975 bits per heavy atom. The van der Waals surface area contributed by atoms with Gasteiger partial charge in [0.1, 0.15) is 23.9 Å². The largest absolute Gasteiger partial charge is 0.492 e. The molecule has 9 heteroatoms. The van der Waals surface area contributed by atoms with Crippen molar-refractivity contribution < 1.29 is 23.5 Å². The highest BCUT2D eigenvalue weighted by Crippen LogP contribution is 2.27. The number of anilines is 1. The number of methoxy groups -OCH3 is 1. The molecule has 5 aromatic rings. The van der Waals surface area contributed by atoms with Crippen LogP contribution in [0.1, 0.15) is 26.7 Å². The maximum absolute atomic E-state index is 13.0. The fourth-order valence-electron chi connectivity index (χ4n) is 4.23. The summed E-state index contributed by atoms with van der Waals surface area (Å²) in [4.78, 5) is 30.6. The van der Waals surface area contributed by atoms with Gasteiger partial charge in [-0.1, -0.05) is 54.6 Å². The summed E-state index contributed by atoms with van der Waals surface area (Å²) < 4.78 is 16.6. The number of thiophene rings is 1. The van der Waals surface area contributed by atoms with Gasteiger partial charge in [0.05, 0.1) is 24.2 Å². The molecule has 0 saturated carbocycles. The molecule has 40 heavy (non-hydrogen) atoms. The quantitative estimate of drug-likeness (QED) is 0.112. The number of hydrogen-bond donors (Lipinski definition) is 2. The van der Waals surface area contributed by atoms with Crippen LogP contribution in [-0.4, -0.2) is 43.0 Å². The third kappa shape index (κ3) is 6.74. The molecule has 3 aromatic carbocycles. The van der Waals surface area contributed by atoms with Gasteiger partial charge in [-0.3, -0.25) is 4.79 Å². The lowest BCUT2D eigenvalue weighted by Crippen LogP contribution is -2.33. The molecule has 2 heterocycles. The van der Waals surface area contributed by atoms with E-state index in [2.05, 4.69) is 15.6 Å². The number of carbonyl (C=O) groups excluding carboxylic acids is 2. The van der Waals surface area contributed by atoms with Crippen LogP contribution in [-0.2, 0) is 22.5 Å². The Labute approximate surface area is 236 Å². The molecular weight excluding hydrogens is 526 g/mol. The van der Waals surface area contributed by atoms with Crippen LogP contribution >= 0.6 is 11.3 Å². The zero-order chi connectivity index (χ0) is 27.7. The van der Waals surface area contributed by atoms with E-state index in [-0.39, 0.29) is 5.78 Å². The van der Waals surface area contributed by atoms with Crippen LogP contribution in [0.4, 0.5) is 5.69 Å². The lowest BCUT2D eigenvalue weighted by Gasteiger charge is -2.18. The molecule has 1 unspecified atom stereocenters. The summed E-state index contributed by atoms with van der Waals surface area (Å²) in [6.07, 6.45) is 0.383. The minimum Gasteiger partial charge on any atom is -0.492 e. The van der Waals surface area contributed by atoms with Gasteiger partial charge in [0, 0.05) is 18.5 Å². The van der Waals surface area contributed by atoms with E-state index < -0.39 is 12.0 Å². The Balaban J connectivity index is 1.13. The van der Waals surface area contributed by atoms with Crippen molar-refractivity contribution in [1.29, 1.82) is 0 Å². The number of benzene rings is 3. The normalized spacial score (nSPS) is 11.7. The van der Waals surface area contributed by atoms with Crippen molar-refractivity contribution in [1.82, 2.24) is 10.3 Å². The first kappa shape index (κ1) is 27.1. The summed E-state index contributed by atoms with van der Waals surface area (Å²) in [6, 6.07) is 25.5. The number of ketones is 1. The second-order valence-corrected chi connectivity index (χ2v) is 9.94. The number of fused-ring (bicyclic) bond motifs is 1. The highest BCUT2D eigenvalue weighted by molar-refractivity contribution is 7.13. The monoisotopic (exact) mass is 555 g/mol. The van der Waals surface area contributed by atoms with E-state index in [1.54, 1.807) is 12.1 Å². The summed E-state index contributed by atoms with van der Waals surface area (Å²) in [7, 11) is 1.36.